The summed E-state index contributed by atoms with van der Waals surface area (Å²) >= 11 is 0. The van der Waals surface area contributed by atoms with E-state index in [4.69, 9.17) is 0 Å². The van der Waals surface area contributed by atoms with Crippen molar-refractivity contribution in [3.8, 4) is 0 Å². The van der Waals surface area contributed by atoms with Crippen LogP contribution in [0.1, 0.15) is 43.7 Å². The average molecular weight is 260 g/mol. The molecular formula is C16H24N2O. The standard InChI is InChI=1S/C16H24N2O/c1-12(2)14-6-3-13(4-7-14)5-8-16(19)18-15-9-10-17-11-15/h3-4,6-7,12,15,17H,5,8-11H2,1-2H3,(H,18,19). The van der Waals surface area contributed by atoms with Crippen molar-refractivity contribution in [2.24, 2.45) is 0 Å². The van der Waals surface area contributed by atoms with E-state index in [9.17, 15) is 4.79 Å². The maximum atomic E-state index is 11.8. The second-order valence-corrected chi connectivity index (χ2v) is 5.65. The molecule has 2 rings (SSSR count). The highest BCUT2D eigenvalue weighted by Crippen LogP contribution is 2.15. The summed E-state index contributed by atoms with van der Waals surface area (Å²) in [6.07, 6.45) is 2.46. The summed E-state index contributed by atoms with van der Waals surface area (Å²) in [6.45, 7) is 6.31. The van der Waals surface area contributed by atoms with E-state index in [0.717, 1.165) is 25.9 Å². The van der Waals surface area contributed by atoms with Gasteiger partial charge in [0.15, 0.2) is 0 Å². The Balaban J connectivity index is 1.76. The predicted octanol–water partition coefficient (Wildman–Crippen LogP) is 2.22. The zero-order valence-corrected chi connectivity index (χ0v) is 11.9. The normalized spacial score (nSPS) is 18.8. The fourth-order valence-corrected chi connectivity index (χ4v) is 2.40. The summed E-state index contributed by atoms with van der Waals surface area (Å²) in [5, 5.41) is 6.33. The number of carbonyl (C=O) groups excluding carboxylic acids is 1. The minimum absolute atomic E-state index is 0.168. The molecule has 0 aliphatic carbocycles. The smallest absolute Gasteiger partial charge is 0.220 e. The monoisotopic (exact) mass is 260 g/mol. The molecule has 0 bridgehead atoms. The molecule has 1 unspecified atom stereocenters. The second-order valence-electron chi connectivity index (χ2n) is 5.65. The van der Waals surface area contributed by atoms with Crippen LogP contribution in [-0.2, 0) is 11.2 Å². The Hall–Kier alpha value is -1.35. The molecule has 0 aromatic heterocycles. The van der Waals surface area contributed by atoms with Gasteiger partial charge in [-0.25, -0.2) is 0 Å². The van der Waals surface area contributed by atoms with Crippen molar-refractivity contribution in [1.82, 2.24) is 10.6 Å². The van der Waals surface area contributed by atoms with E-state index in [-0.39, 0.29) is 5.91 Å². The Kier molecular flexibility index (Phi) is 4.97. The van der Waals surface area contributed by atoms with E-state index >= 15 is 0 Å². The lowest BCUT2D eigenvalue weighted by molar-refractivity contribution is -0.121. The molecule has 1 aromatic rings. The molecule has 0 saturated carbocycles. The molecule has 2 N–H and O–H groups in total. The van der Waals surface area contributed by atoms with Crippen LogP contribution in [0.25, 0.3) is 0 Å². The lowest BCUT2D eigenvalue weighted by Gasteiger charge is -2.11. The Morgan fingerprint density at radius 1 is 1.37 bits per heavy atom. The number of hydrogen-bond donors (Lipinski definition) is 2. The molecule has 3 nitrogen and oxygen atoms in total. The first-order valence-corrected chi connectivity index (χ1v) is 7.24. The van der Waals surface area contributed by atoms with Crippen LogP contribution in [0, 0.1) is 0 Å². The predicted molar refractivity (Wildman–Crippen MR) is 78.3 cm³/mol. The van der Waals surface area contributed by atoms with E-state index in [2.05, 4.69) is 48.7 Å². The van der Waals surface area contributed by atoms with Crippen LogP contribution in [0.5, 0.6) is 0 Å². The maximum Gasteiger partial charge on any atom is 0.220 e. The number of aryl methyl sites for hydroxylation is 1. The van der Waals surface area contributed by atoms with Gasteiger partial charge in [0.25, 0.3) is 0 Å². The number of hydrogen-bond acceptors (Lipinski definition) is 2. The minimum atomic E-state index is 0.168. The summed E-state index contributed by atoms with van der Waals surface area (Å²) < 4.78 is 0. The highest BCUT2D eigenvalue weighted by atomic mass is 16.1. The number of rotatable bonds is 5. The highest BCUT2D eigenvalue weighted by Gasteiger charge is 2.16. The van der Waals surface area contributed by atoms with Crippen LogP contribution in [0.4, 0.5) is 0 Å². The average Bonchev–Trinajstić information content (AvgIpc) is 2.89. The molecule has 1 amide bonds. The zero-order valence-electron chi connectivity index (χ0n) is 11.9. The van der Waals surface area contributed by atoms with E-state index in [0.29, 0.717) is 18.4 Å². The number of amides is 1. The van der Waals surface area contributed by atoms with Gasteiger partial charge in [0.2, 0.25) is 5.91 Å². The van der Waals surface area contributed by atoms with Crippen LogP contribution in [0.3, 0.4) is 0 Å². The van der Waals surface area contributed by atoms with Gasteiger partial charge in [-0.2, -0.15) is 0 Å². The molecule has 1 aromatic carbocycles. The van der Waals surface area contributed by atoms with Crippen molar-refractivity contribution in [3.63, 3.8) is 0 Å². The highest BCUT2D eigenvalue weighted by molar-refractivity contribution is 5.76. The van der Waals surface area contributed by atoms with Gasteiger partial charge in [0.05, 0.1) is 0 Å². The molecule has 1 aliphatic rings. The van der Waals surface area contributed by atoms with Gasteiger partial charge in [-0.05, 0) is 36.4 Å². The number of benzene rings is 1. The van der Waals surface area contributed by atoms with Gasteiger partial charge in [-0.15, -0.1) is 0 Å². The molecule has 3 heteroatoms. The largest absolute Gasteiger partial charge is 0.352 e. The fourth-order valence-electron chi connectivity index (χ4n) is 2.40. The fraction of sp³-hybridized carbons (Fsp3) is 0.562. The molecule has 1 heterocycles. The van der Waals surface area contributed by atoms with Gasteiger partial charge in [-0.1, -0.05) is 38.1 Å². The summed E-state index contributed by atoms with van der Waals surface area (Å²) in [4.78, 5) is 11.8. The molecule has 1 fully saturated rings. The summed E-state index contributed by atoms with van der Waals surface area (Å²) in [5.74, 6) is 0.730. The van der Waals surface area contributed by atoms with Crippen molar-refractivity contribution < 1.29 is 4.79 Å². The molecule has 1 saturated heterocycles. The lowest BCUT2D eigenvalue weighted by Crippen LogP contribution is -2.36. The molecule has 0 spiro atoms. The van der Waals surface area contributed by atoms with Gasteiger partial charge in [0, 0.05) is 19.0 Å². The van der Waals surface area contributed by atoms with Crippen molar-refractivity contribution >= 4 is 5.91 Å². The molecule has 19 heavy (non-hydrogen) atoms. The van der Waals surface area contributed by atoms with Gasteiger partial charge in [0.1, 0.15) is 0 Å². The van der Waals surface area contributed by atoms with Crippen molar-refractivity contribution in [3.05, 3.63) is 35.4 Å². The quantitative estimate of drug-likeness (QED) is 0.852. The number of nitrogens with one attached hydrogen (secondary N) is 2. The molecule has 0 radical (unpaired) electrons. The molecule has 104 valence electrons. The minimum Gasteiger partial charge on any atom is -0.352 e. The SMILES string of the molecule is CC(C)c1ccc(CCC(=O)NC2CCNC2)cc1. The van der Waals surface area contributed by atoms with Crippen LogP contribution < -0.4 is 10.6 Å². The molecule has 1 aliphatic heterocycles. The third kappa shape index (κ3) is 4.35. The first-order valence-electron chi connectivity index (χ1n) is 7.24. The summed E-state index contributed by atoms with van der Waals surface area (Å²) in [6, 6.07) is 8.94. The van der Waals surface area contributed by atoms with Crippen LogP contribution in [-0.4, -0.2) is 25.0 Å². The van der Waals surface area contributed by atoms with Crippen LogP contribution >= 0.6 is 0 Å². The Morgan fingerprint density at radius 3 is 2.68 bits per heavy atom. The zero-order chi connectivity index (χ0) is 13.7. The first-order chi connectivity index (χ1) is 9.15. The van der Waals surface area contributed by atoms with Gasteiger partial charge < -0.3 is 10.6 Å². The van der Waals surface area contributed by atoms with E-state index in [1.165, 1.54) is 11.1 Å². The van der Waals surface area contributed by atoms with E-state index in [1.807, 2.05) is 0 Å². The topological polar surface area (TPSA) is 41.1 Å². The summed E-state index contributed by atoms with van der Waals surface area (Å²) in [5.41, 5.74) is 2.59. The van der Waals surface area contributed by atoms with Crippen LogP contribution in [0.15, 0.2) is 24.3 Å². The Labute approximate surface area is 115 Å². The Bertz CT molecular complexity index is 405. The van der Waals surface area contributed by atoms with Crippen molar-refractivity contribution in [2.75, 3.05) is 13.1 Å². The summed E-state index contributed by atoms with van der Waals surface area (Å²) in [7, 11) is 0. The third-order valence-corrected chi connectivity index (χ3v) is 3.71. The molecular weight excluding hydrogens is 236 g/mol. The van der Waals surface area contributed by atoms with Gasteiger partial charge >= 0.3 is 0 Å². The second kappa shape index (κ2) is 6.71. The Morgan fingerprint density at radius 2 is 2.11 bits per heavy atom. The molecule has 1 atom stereocenters. The van der Waals surface area contributed by atoms with Crippen molar-refractivity contribution in [2.45, 2.75) is 45.1 Å². The van der Waals surface area contributed by atoms with Gasteiger partial charge in [-0.3, -0.25) is 4.79 Å². The number of carbonyl (C=O) groups is 1. The third-order valence-electron chi connectivity index (χ3n) is 3.71. The van der Waals surface area contributed by atoms with E-state index < -0.39 is 0 Å². The first kappa shape index (κ1) is 14.1. The van der Waals surface area contributed by atoms with Crippen molar-refractivity contribution in [1.29, 1.82) is 0 Å². The maximum absolute atomic E-state index is 11.8. The van der Waals surface area contributed by atoms with E-state index in [1.54, 1.807) is 0 Å². The van der Waals surface area contributed by atoms with Crippen LogP contribution in [0.2, 0.25) is 0 Å². The lowest BCUT2D eigenvalue weighted by atomic mass is 10.0.